The fourth-order valence-corrected chi connectivity index (χ4v) is 1.52. The van der Waals surface area contributed by atoms with Gasteiger partial charge in [-0.3, -0.25) is 9.59 Å². The van der Waals surface area contributed by atoms with Gasteiger partial charge in [0.1, 0.15) is 19.0 Å². The number of hydrogen-bond donors (Lipinski definition) is 2. The summed E-state index contributed by atoms with van der Waals surface area (Å²) in [5.74, 6) is -2.20. The Kier molecular flexibility index (Phi) is 5.58. The molecule has 1 aromatic carbocycles. The highest BCUT2D eigenvalue weighted by Crippen LogP contribution is 2.15. The van der Waals surface area contributed by atoms with Crippen molar-refractivity contribution in [2.24, 2.45) is 0 Å². The van der Waals surface area contributed by atoms with Gasteiger partial charge in [-0.05, 0) is 5.56 Å². The molecular formula is C13H12N4O2. The summed E-state index contributed by atoms with van der Waals surface area (Å²) in [7, 11) is 0. The average molecular weight is 256 g/mol. The van der Waals surface area contributed by atoms with Gasteiger partial charge in [-0.1, -0.05) is 30.3 Å². The van der Waals surface area contributed by atoms with E-state index in [1.807, 2.05) is 0 Å². The molecule has 0 atom stereocenters. The van der Waals surface area contributed by atoms with Gasteiger partial charge in [0, 0.05) is 0 Å². The lowest BCUT2D eigenvalue weighted by atomic mass is 9.97. The number of nitriles is 2. The summed E-state index contributed by atoms with van der Waals surface area (Å²) in [4.78, 5) is 23.8. The second kappa shape index (κ2) is 7.46. The van der Waals surface area contributed by atoms with Crippen LogP contribution in [0.15, 0.2) is 30.3 Å². The third-order valence-electron chi connectivity index (χ3n) is 2.34. The Hall–Kier alpha value is -2.86. The lowest BCUT2D eigenvalue weighted by molar-refractivity contribution is -0.131. The zero-order valence-corrected chi connectivity index (χ0v) is 10.1. The van der Waals surface area contributed by atoms with Gasteiger partial charge >= 0.3 is 0 Å². The molecule has 0 saturated heterocycles. The summed E-state index contributed by atoms with van der Waals surface area (Å²) in [5.41, 5.74) is 0.508. The van der Waals surface area contributed by atoms with Crippen LogP contribution in [0.25, 0.3) is 0 Å². The van der Waals surface area contributed by atoms with Crippen LogP contribution in [0.3, 0.4) is 0 Å². The van der Waals surface area contributed by atoms with Crippen LogP contribution in [0.4, 0.5) is 0 Å². The Morgan fingerprint density at radius 3 is 1.89 bits per heavy atom. The highest BCUT2D eigenvalue weighted by atomic mass is 16.2. The second-order valence-corrected chi connectivity index (χ2v) is 3.60. The van der Waals surface area contributed by atoms with Crippen LogP contribution in [-0.2, 0) is 9.59 Å². The van der Waals surface area contributed by atoms with E-state index in [1.54, 1.807) is 42.5 Å². The number of carbonyl (C=O) groups excluding carboxylic acids is 2. The molecule has 0 spiro atoms. The first-order valence-electron chi connectivity index (χ1n) is 5.55. The third kappa shape index (κ3) is 4.14. The normalized spacial score (nSPS) is 9.21. The summed E-state index contributed by atoms with van der Waals surface area (Å²) in [6, 6.07) is 12.0. The van der Waals surface area contributed by atoms with Crippen LogP contribution in [-0.4, -0.2) is 24.9 Å². The van der Waals surface area contributed by atoms with E-state index in [-0.39, 0.29) is 13.1 Å². The van der Waals surface area contributed by atoms with E-state index in [9.17, 15) is 9.59 Å². The van der Waals surface area contributed by atoms with Crippen molar-refractivity contribution >= 4 is 11.8 Å². The van der Waals surface area contributed by atoms with E-state index in [4.69, 9.17) is 10.5 Å². The van der Waals surface area contributed by atoms with Crippen molar-refractivity contribution in [2.45, 2.75) is 5.92 Å². The van der Waals surface area contributed by atoms with E-state index in [1.165, 1.54) is 0 Å². The van der Waals surface area contributed by atoms with Crippen molar-refractivity contribution in [3.05, 3.63) is 35.9 Å². The molecule has 0 bridgehead atoms. The highest BCUT2D eigenvalue weighted by Gasteiger charge is 2.27. The molecule has 0 aliphatic rings. The van der Waals surface area contributed by atoms with Crippen molar-refractivity contribution in [1.82, 2.24) is 10.6 Å². The van der Waals surface area contributed by atoms with Gasteiger partial charge in [0.25, 0.3) is 0 Å². The minimum absolute atomic E-state index is 0.173. The lowest BCUT2D eigenvalue weighted by Gasteiger charge is -2.15. The molecule has 19 heavy (non-hydrogen) atoms. The summed E-state index contributed by atoms with van der Waals surface area (Å²) < 4.78 is 0. The van der Waals surface area contributed by atoms with Gasteiger partial charge in [0.2, 0.25) is 11.8 Å². The fraction of sp³-hybridized carbons (Fsp3) is 0.231. The van der Waals surface area contributed by atoms with E-state index in [0.717, 1.165) is 0 Å². The van der Waals surface area contributed by atoms with Crippen molar-refractivity contribution < 1.29 is 9.59 Å². The number of carbonyl (C=O) groups is 2. The van der Waals surface area contributed by atoms with Crippen LogP contribution in [0.5, 0.6) is 0 Å². The molecule has 1 aromatic rings. The van der Waals surface area contributed by atoms with Gasteiger partial charge in [0.15, 0.2) is 0 Å². The van der Waals surface area contributed by atoms with Gasteiger partial charge in [-0.2, -0.15) is 10.5 Å². The average Bonchev–Trinajstić information content (AvgIpc) is 2.44. The van der Waals surface area contributed by atoms with Crippen molar-refractivity contribution in [1.29, 1.82) is 10.5 Å². The zero-order valence-electron chi connectivity index (χ0n) is 10.1. The second-order valence-electron chi connectivity index (χ2n) is 3.60. The first-order valence-corrected chi connectivity index (χ1v) is 5.55. The minimum atomic E-state index is -1.07. The molecule has 0 aliphatic heterocycles. The van der Waals surface area contributed by atoms with E-state index >= 15 is 0 Å². The maximum Gasteiger partial charge on any atom is 0.237 e. The summed E-state index contributed by atoms with van der Waals surface area (Å²) in [6.45, 7) is -0.346. The van der Waals surface area contributed by atoms with Gasteiger partial charge < -0.3 is 10.6 Å². The lowest BCUT2D eigenvalue weighted by Crippen LogP contribution is -2.40. The smallest absolute Gasteiger partial charge is 0.237 e. The fourth-order valence-electron chi connectivity index (χ4n) is 1.52. The third-order valence-corrected chi connectivity index (χ3v) is 2.34. The molecule has 2 N–H and O–H groups in total. The Morgan fingerprint density at radius 1 is 1.00 bits per heavy atom. The number of rotatable bonds is 5. The molecule has 0 heterocycles. The predicted molar refractivity (Wildman–Crippen MR) is 66.4 cm³/mol. The molecule has 0 unspecified atom stereocenters. The molecule has 0 aromatic heterocycles. The number of benzene rings is 1. The topological polar surface area (TPSA) is 106 Å². The summed E-state index contributed by atoms with van der Waals surface area (Å²) in [5, 5.41) is 21.6. The number of nitrogens with one attached hydrogen (secondary N) is 2. The van der Waals surface area contributed by atoms with Crippen LogP contribution in [0, 0.1) is 22.7 Å². The van der Waals surface area contributed by atoms with Crippen molar-refractivity contribution in [2.75, 3.05) is 13.1 Å². The Morgan fingerprint density at radius 2 is 1.47 bits per heavy atom. The molecule has 2 amide bonds. The molecule has 6 nitrogen and oxygen atoms in total. The predicted octanol–water partition coefficient (Wildman–Crippen LogP) is 0.0498. The molecule has 0 fully saturated rings. The molecule has 0 radical (unpaired) electrons. The van der Waals surface area contributed by atoms with E-state index in [0.29, 0.717) is 5.56 Å². The number of nitrogens with zero attached hydrogens (tertiary/aromatic N) is 2. The van der Waals surface area contributed by atoms with Gasteiger partial charge in [-0.25, -0.2) is 0 Å². The summed E-state index contributed by atoms with van der Waals surface area (Å²) in [6.07, 6.45) is 0. The first kappa shape index (κ1) is 14.2. The Bertz CT molecular complexity index is 498. The Labute approximate surface area is 110 Å². The molecule has 0 saturated carbocycles. The maximum atomic E-state index is 11.9. The molecule has 1 rings (SSSR count). The molecular weight excluding hydrogens is 244 g/mol. The van der Waals surface area contributed by atoms with E-state index in [2.05, 4.69) is 10.6 Å². The van der Waals surface area contributed by atoms with E-state index < -0.39 is 17.7 Å². The largest absolute Gasteiger partial charge is 0.342 e. The van der Waals surface area contributed by atoms with Crippen molar-refractivity contribution in [3.8, 4) is 12.1 Å². The van der Waals surface area contributed by atoms with Crippen LogP contribution >= 0.6 is 0 Å². The number of hydrogen-bond acceptors (Lipinski definition) is 4. The Balaban J connectivity index is 2.92. The monoisotopic (exact) mass is 256 g/mol. The van der Waals surface area contributed by atoms with Gasteiger partial charge in [0.05, 0.1) is 12.1 Å². The maximum absolute atomic E-state index is 11.9. The van der Waals surface area contributed by atoms with Crippen LogP contribution in [0.2, 0.25) is 0 Å². The first-order chi connectivity index (χ1) is 9.20. The zero-order chi connectivity index (χ0) is 14.1. The molecule has 6 heteroatoms. The van der Waals surface area contributed by atoms with Crippen molar-refractivity contribution in [3.63, 3.8) is 0 Å². The highest BCUT2D eigenvalue weighted by molar-refractivity contribution is 6.05. The van der Waals surface area contributed by atoms with Gasteiger partial charge in [-0.15, -0.1) is 0 Å². The summed E-state index contributed by atoms with van der Waals surface area (Å²) >= 11 is 0. The minimum Gasteiger partial charge on any atom is -0.342 e. The van der Waals surface area contributed by atoms with Crippen LogP contribution in [0.1, 0.15) is 11.5 Å². The number of amides is 2. The quantitative estimate of drug-likeness (QED) is 0.573. The molecule has 0 aliphatic carbocycles. The standard InChI is InChI=1S/C13H12N4O2/c14-6-8-16-12(18)11(13(19)17-9-7-15)10-4-2-1-3-5-10/h1-5,11H,8-9H2,(H,16,18)(H,17,19). The SMILES string of the molecule is N#CCNC(=O)C(C(=O)NCC#N)c1ccccc1. The molecule has 96 valence electrons. The van der Waals surface area contributed by atoms with Crippen LogP contribution < -0.4 is 10.6 Å².